The summed E-state index contributed by atoms with van der Waals surface area (Å²) in [7, 11) is 0. The molecule has 9 heavy (non-hydrogen) atoms. The lowest BCUT2D eigenvalue weighted by atomic mass is 9.89. The largest absolute Gasteiger partial charge is 0.316 e. The minimum Gasteiger partial charge on any atom is -0.316 e. The van der Waals surface area contributed by atoms with E-state index >= 15 is 0 Å². The first-order valence-electron chi connectivity index (χ1n) is 4.01. The van der Waals surface area contributed by atoms with Crippen molar-refractivity contribution in [2.45, 2.75) is 26.7 Å². The molecule has 0 aliphatic carbocycles. The average Bonchev–Trinajstić information content (AvgIpc) is 1.90. The van der Waals surface area contributed by atoms with Gasteiger partial charge >= 0.3 is 0 Å². The van der Waals surface area contributed by atoms with Crippen LogP contribution in [0.5, 0.6) is 0 Å². The fraction of sp³-hybridized carbons (Fsp3) is 1.00. The summed E-state index contributed by atoms with van der Waals surface area (Å²) in [6.07, 6.45) is 2.81. The molecule has 0 aromatic carbocycles. The molecule has 1 N–H and O–H groups in total. The molecule has 1 atom stereocenters. The molecular weight excluding hydrogens is 110 g/mol. The van der Waals surface area contributed by atoms with E-state index in [1.807, 2.05) is 0 Å². The van der Waals surface area contributed by atoms with Gasteiger partial charge in [0.2, 0.25) is 0 Å². The fourth-order valence-electron chi connectivity index (χ4n) is 1.45. The van der Waals surface area contributed by atoms with Crippen molar-refractivity contribution >= 4 is 0 Å². The second kappa shape index (κ2) is 3.21. The molecule has 1 aliphatic heterocycles. The van der Waals surface area contributed by atoms with Crippen molar-refractivity contribution in [2.75, 3.05) is 13.1 Å². The molecule has 0 spiro atoms. The molecule has 0 bridgehead atoms. The Morgan fingerprint density at radius 2 is 2.22 bits per heavy atom. The van der Waals surface area contributed by atoms with E-state index in [4.69, 9.17) is 0 Å². The number of hydrogen-bond donors (Lipinski definition) is 1. The van der Waals surface area contributed by atoms with Crippen LogP contribution in [0.2, 0.25) is 0 Å². The Morgan fingerprint density at radius 3 is 2.56 bits per heavy atom. The van der Waals surface area contributed by atoms with Gasteiger partial charge in [0.05, 0.1) is 0 Å². The highest BCUT2D eigenvalue weighted by Crippen LogP contribution is 2.18. The summed E-state index contributed by atoms with van der Waals surface area (Å²) < 4.78 is 0. The first-order valence-corrected chi connectivity index (χ1v) is 4.01. The first-order chi connectivity index (χ1) is 4.30. The fourth-order valence-corrected chi connectivity index (χ4v) is 1.45. The average molecular weight is 127 g/mol. The second-order valence-electron chi connectivity index (χ2n) is 3.35. The van der Waals surface area contributed by atoms with Gasteiger partial charge in [-0.05, 0) is 37.8 Å². The Bertz CT molecular complexity index is 72.6. The predicted octanol–water partition coefficient (Wildman–Crippen LogP) is 1.64. The van der Waals surface area contributed by atoms with Crippen molar-refractivity contribution < 1.29 is 0 Å². The Morgan fingerprint density at radius 1 is 1.44 bits per heavy atom. The van der Waals surface area contributed by atoms with Crippen LogP contribution >= 0.6 is 0 Å². The third-order valence-electron chi connectivity index (χ3n) is 2.28. The maximum atomic E-state index is 3.42. The summed E-state index contributed by atoms with van der Waals surface area (Å²) in [6, 6.07) is 0. The van der Waals surface area contributed by atoms with Gasteiger partial charge in [0.1, 0.15) is 0 Å². The Labute approximate surface area is 57.8 Å². The summed E-state index contributed by atoms with van der Waals surface area (Å²) in [6.45, 7) is 7.12. The van der Waals surface area contributed by atoms with Crippen molar-refractivity contribution in [1.82, 2.24) is 5.32 Å². The van der Waals surface area contributed by atoms with Gasteiger partial charge in [0, 0.05) is 0 Å². The van der Waals surface area contributed by atoms with Crippen molar-refractivity contribution in [1.29, 1.82) is 0 Å². The Kier molecular flexibility index (Phi) is 2.52. The minimum absolute atomic E-state index is 0.873. The van der Waals surface area contributed by atoms with E-state index in [1.165, 1.54) is 25.9 Å². The van der Waals surface area contributed by atoms with Crippen LogP contribution < -0.4 is 5.32 Å². The molecule has 0 unspecified atom stereocenters. The van der Waals surface area contributed by atoms with E-state index < -0.39 is 0 Å². The topological polar surface area (TPSA) is 12.0 Å². The van der Waals surface area contributed by atoms with Gasteiger partial charge in [0.25, 0.3) is 0 Å². The third-order valence-corrected chi connectivity index (χ3v) is 2.28. The van der Waals surface area contributed by atoms with E-state index in [0.29, 0.717) is 0 Å². The lowest BCUT2D eigenvalue weighted by molar-refractivity contribution is 0.296. The van der Waals surface area contributed by atoms with Gasteiger partial charge in [0.15, 0.2) is 0 Å². The molecule has 0 radical (unpaired) electrons. The normalized spacial score (nSPS) is 29.0. The molecule has 1 saturated heterocycles. The van der Waals surface area contributed by atoms with Gasteiger partial charge < -0.3 is 5.32 Å². The van der Waals surface area contributed by atoms with Crippen LogP contribution in [0.3, 0.4) is 0 Å². The molecule has 1 aliphatic rings. The van der Waals surface area contributed by atoms with Gasteiger partial charge in [-0.1, -0.05) is 13.8 Å². The van der Waals surface area contributed by atoms with Crippen molar-refractivity contribution in [2.24, 2.45) is 11.8 Å². The monoisotopic (exact) mass is 127 g/mol. The van der Waals surface area contributed by atoms with Gasteiger partial charge in [-0.15, -0.1) is 0 Å². The molecule has 0 amide bonds. The van der Waals surface area contributed by atoms with E-state index in [9.17, 15) is 0 Å². The van der Waals surface area contributed by atoms with Gasteiger partial charge in [-0.2, -0.15) is 0 Å². The van der Waals surface area contributed by atoms with Crippen LogP contribution in [-0.4, -0.2) is 13.1 Å². The van der Waals surface area contributed by atoms with Crippen LogP contribution in [0.15, 0.2) is 0 Å². The zero-order chi connectivity index (χ0) is 6.69. The molecule has 0 saturated carbocycles. The van der Waals surface area contributed by atoms with E-state index in [-0.39, 0.29) is 0 Å². The lowest BCUT2D eigenvalue weighted by Gasteiger charge is -2.25. The lowest BCUT2D eigenvalue weighted by Crippen LogP contribution is -2.32. The van der Waals surface area contributed by atoms with Crippen molar-refractivity contribution in [3.8, 4) is 0 Å². The van der Waals surface area contributed by atoms with Crippen LogP contribution in [0.25, 0.3) is 0 Å². The second-order valence-corrected chi connectivity index (χ2v) is 3.35. The quantitative estimate of drug-likeness (QED) is 0.564. The highest BCUT2D eigenvalue weighted by molar-refractivity contribution is 4.70. The number of nitrogens with one attached hydrogen (secondary N) is 1. The molecule has 1 nitrogen and oxygen atoms in total. The minimum atomic E-state index is 0.873. The van der Waals surface area contributed by atoms with E-state index in [2.05, 4.69) is 19.2 Å². The van der Waals surface area contributed by atoms with Gasteiger partial charge in [-0.3, -0.25) is 0 Å². The smallest absolute Gasteiger partial charge is 0.00181 e. The zero-order valence-electron chi connectivity index (χ0n) is 6.48. The van der Waals surface area contributed by atoms with Crippen molar-refractivity contribution in [3.05, 3.63) is 0 Å². The standard InChI is InChI=1S/C8H17N/c1-7(2)8-4-3-5-9-6-8/h7-9H,3-6H2,1-2H3/t8-/m0/s1. The molecule has 1 heteroatoms. The first kappa shape index (κ1) is 7.07. The van der Waals surface area contributed by atoms with Crippen LogP contribution in [0, 0.1) is 11.8 Å². The molecule has 1 rings (SSSR count). The van der Waals surface area contributed by atoms with Crippen LogP contribution in [-0.2, 0) is 0 Å². The summed E-state index contributed by atoms with van der Waals surface area (Å²) in [5.74, 6) is 1.82. The van der Waals surface area contributed by atoms with E-state index in [0.717, 1.165) is 11.8 Å². The zero-order valence-corrected chi connectivity index (χ0v) is 6.48. The SMILES string of the molecule is CC(C)[C@H]1CCCNC1. The molecule has 1 heterocycles. The van der Waals surface area contributed by atoms with Gasteiger partial charge in [-0.25, -0.2) is 0 Å². The van der Waals surface area contributed by atoms with Crippen LogP contribution in [0.1, 0.15) is 26.7 Å². The summed E-state index contributed by atoms with van der Waals surface area (Å²) >= 11 is 0. The van der Waals surface area contributed by atoms with Crippen LogP contribution in [0.4, 0.5) is 0 Å². The predicted molar refractivity (Wildman–Crippen MR) is 40.4 cm³/mol. The molecule has 54 valence electrons. The number of hydrogen-bond acceptors (Lipinski definition) is 1. The molecule has 0 aromatic heterocycles. The Balaban J connectivity index is 2.23. The molecule has 1 fully saturated rings. The molecular formula is C8H17N. The summed E-state index contributed by atoms with van der Waals surface area (Å²) in [5.41, 5.74) is 0. The maximum Gasteiger partial charge on any atom is -0.00181 e. The third kappa shape index (κ3) is 1.98. The number of rotatable bonds is 1. The van der Waals surface area contributed by atoms with Crippen molar-refractivity contribution in [3.63, 3.8) is 0 Å². The Hall–Kier alpha value is -0.0400. The number of piperidine rings is 1. The maximum absolute atomic E-state index is 3.42. The highest BCUT2D eigenvalue weighted by atomic mass is 14.9. The summed E-state index contributed by atoms with van der Waals surface area (Å²) in [5, 5.41) is 3.42. The molecule has 0 aromatic rings. The summed E-state index contributed by atoms with van der Waals surface area (Å²) in [4.78, 5) is 0. The van der Waals surface area contributed by atoms with E-state index in [1.54, 1.807) is 0 Å². The highest BCUT2D eigenvalue weighted by Gasteiger charge is 2.15.